The quantitative estimate of drug-likeness (QED) is 0.555. The number of halogens is 1. The predicted octanol–water partition coefficient (Wildman–Crippen LogP) is 5.19. The standard InChI is InChI=1S/C21H15FN2O2/c1-13-5-7-14(8-6-13)20(25)23-17-9-10-19-18(12-17)24-21(26-19)15-3-2-4-16(22)11-15/h2-12H,1H3,(H,23,25). The Hall–Kier alpha value is -3.47. The van der Waals surface area contributed by atoms with E-state index < -0.39 is 0 Å². The third-order valence-corrected chi connectivity index (χ3v) is 4.03. The summed E-state index contributed by atoms with van der Waals surface area (Å²) in [5.41, 5.74) is 4.00. The number of fused-ring (bicyclic) bond motifs is 1. The lowest BCUT2D eigenvalue weighted by Gasteiger charge is -2.05. The van der Waals surface area contributed by atoms with E-state index in [0.29, 0.717) is 33.8 Å². The van der Waals surface area contributed by atoms with Crippen LogP contribution >= 0.6 is 0 Å². The van der Waals surface area contributed by atoms with Gasteiger partial charge in [-0.2, -0.15) is 0 Å². The lowest BCUT2D eigenvalue weighted by Crippen LogP contribution is -2.11. The van der Waals surface area contributed by atoms with Crippen molar-refractivity contribution in [3.63, 3.8) is 0 Å². The molecule has 1 aromatic heterocycles. The number of benzene rings is 3. The zero-order valence-electron chi connectivity index (χ0n) is 14.0. The van der Waals surface area contributed by atoms with Gasteiger partial charge in [-0.3, -0.25) is 4.79 Å². The fourth-order valence-corrected chi connectivity index (χ4v) is 2.66. The lowest BCUT2D eigenvalue weighted by atomic mass is 10.1. The molecule has 0 aliphatic carbocycles. The summed E-state index contributed by atoms with van der Waals surface area (Å²) in [4.78, 5) is 16.7. The minimum absolute atomic E-state index is 0.196. The molecule has 128 valence electrons. The topological polar surface area (TPSA) is 55.1 Å². The van der Waals surface area contributed by atoms with E-state index in [2.05, 4.69) is 10.3 Å². The van der Waals surface area contributed by atoms with E-state index in [0.717, 1.165) is 5.56 Å². The average Bonchev–Trinajstić information content (AvgIpc) is 3.05. The van der Waals surface area contributed by atoms with Crippen molar-refractivity contribution in [2.45, 2.75) is 6.92 Å². The molecule has 0 aliphatic rings. The summed E-state index contributed by atoms with van der Waals surface area (Å²) in [7, 11) is 0. The minimum atomic E-state index is -0.351. The fraction of sp³-hybridized carbons (Fsp3) is 0.0476. The maximum atomic E-state index is 13.4. The molecule has 1 N–H and O–H groups in total. The third-order valence-electron chi connectivity index (χ3n) is 4.03. The molecule has 0 spiro atoms. The first kappa shape index (κ1) is 16.0. The highest BCUT2D eigenvalue weighted by atomic mass is 19.1. The molecule has 0 saturated heterocycles. The van der Waals surface area contributed by atoms with Crippen molar-refractivity contribution in [3.8, 4) is 11.5 Å². The van der Waals surface area contributed by atoms with E-state index in [1.807, 2.05) is 19.1 Å². The number of carbonyl (C=O) groups excluding carboxylic acids is 1. The molecule has 0 atom stereocenters. The van der Waals surface area contributed by atoms with Crippen molar-refractivity contribution in [2.24, 2.45) is 0 Å². The number of aromatic nitrogens is 1. The van der Waals surface area contributed by atoms with Gasteiger partial charge in [0.05, 0.1) is 0 Å². The first-order valence-corrected chi connectivity index (χ1v) is 8.13. The van der Waals surface area contributed by atoms with Gasteiger partial charge in [0.15, 0.2) is 5.58 Å². The van der Waals surface area contributed by atoms with E-state index >= 15 is 0 Å². The predicted molar refractivity (Wildman–Crippen MR) is 98.5 cm³/mol. The largest absolute Gasteiger partial charge is 0.436 e. The van der Waals surface area contributed by atoms with Crippen LogP contribution in [0.3, 0.4) is 0 Å². The number of amides is 1. The fourth-order valence-electron chi connectivity index (χ4n) is 2.66. The number of rotatable bonds is 3. The summed E-state index contributed by atoms with van der Waals surface area (Å²) in [5, 5.41) is 2.85. The van der Waals surface area contributed by atoms with E-state index in [9.17, 15) is 9.18 Å². The molecular weight excluding hydrogens is 331 g/mol. The molecule has 1 amide bonds. The van der Waals surface area contributed by atoms with Crippen LogP contribution in [0.5, 0.6) is 0 Å². The molecule has 4 aromatic rings. The first-order valence-electron chi connectivity index (χ1n) is 8.13. The van der Waals surface area contributed by atoms with Crippen LogP contribution < -0.4 is 5.32 Å². The Morgan fingerprint density at radius 2 is 1.85 bits per heavy atom. The molecule has 5 heteroatoms. The molecule has 26 heavy (non-hydrogen) atoms. The zero-order valence-corrected chi connectivity index (χ0v) is 14.0. The van der Waals surface area contributed by atoms with Gasteiger partial charge in [-0.1, -0.05) is 23.8 Å². The molecule has 3 aromatic carbocycles. The van der Waals surface area contributed by atoms with E-state index in [1.54, 1.807) is 42.5 Å². The lowest BCUT2D eigenvalue weighted by molar-refractivity contribution is 0.102. The van der Waals surface area contributed by atoms with Crippen LogP contribution in [0.2, 0.25) is 0 Å². The third kappa shape index (κ3) is 3.19. The SMILES string of the molecule is Cc1ccc(C(=O)Nc2ccc3oc(-c4cccc(F)c4)nc3c2)cc1. The van der Waals surface area contributed by atoms with Crippen LogP contribution in [-0.4, -0.2) is 10.9 Å². The number of aryl methyl sites for hydroxylation is 1. The molecule has 0 aliphatic heterocycles. The molecule has 1 heterocycles. The second-order valence-electron chi connectivity index (χ2n) is 6.03. The number of anilines is 1. The Morgan fingerprint density at radius 3 is 2.62 bits per heavy atom. The van der Waals surface area contributed by atoms with Crippen molar-refractivity contribution in [1.29, 1.82) is 0 Å². The number of nitrogens with one attached hydrogen (secondary N) is 1. The maximum absolute atomic E-state index is 13.4. The van der Waals surface area contributed by atoms with Gasteiger partial charge in [0.1, 0.15) is 11.3 Å². The molecule has 0 saturated carbocycles. The summed E-state index contributed by atoms with van der Waals surface area (Å²) < 4.78 is 19.1. The summed E-state index contributed by atoms with van der Waals surface area (Å²) in [5.74, 6) is -0.212. The molecule has 4 nitrogen and oxygen atoms in total. The Labute approximate surface area is 149 Å². The van der Waals surface area contributed by atoms with Crippen molar-refractivity contribution in [1.82, 2.24) is 4.98 Å². The zero-order chi connectivity index (χ0) is 18.1. The molecule has 0 bridgehead atoms. The Bertz CT molecular complexity index is 1100. The Balaban J connectivity index is 1.61. The number of nitrogens with zero attached hydrogens (tertiary/aromatic N) is 1. The summed E-state index contributed by atoms with van der Waals surface area (Å²) in [6.45, 7) is 1.97. The first-order chi connectivity index (χ1) is 12.6. The van der Waals surface area contributed by atoms with Crippen LogP contribution in [0.25, 0.3) is 22.6 Å². The van der Waals surface area contributed by atoms with E-state index in [1.165, 1.54) is 12.1 Å². The monoisotopic (exact) mass is 346 g/mol. The smallest absolute Gasteiger partial charge is 0.255 e. The molecule has 0 unspecified atom stereocenters. The number of carbonyl (C=O) groups is 1. The highest BCUT2D eigenvalue weighted by molar-refractivity contribution is 6.04. The van der Waals surface area contributed by atoms with Gasteiger partial charge in [0, 0.05) is 16.8 Å². The van der Waals surface area contributed by atoms with Crippen LogP contribution in [-0.2, 0) is 0 Å². The van der Waals surface area contributed by atoms with Crippen molar-refractivity contribution in [3.05, 3.63) is 83.7 Å². The maximum Gasteiger partial charge on any atom is 0.255 e. The summed E-state index contributed by atoms with van der Waals surface area (Å²) >= 11 is 0. The van der Waals surface area contributed by atoms with E-state index in [4.69, 9.17) is 4.42 Å². The minimum Gasteiger partial charge on any atom is -0.436 e. The normalized spacial score (nSPS) is 10.8. The second kappa shape index (κ2) is 6.44. The van der Waals surface area contributed by atoms with Gasteiger partial charge in [0.25, 0.3) is 5.91 Å². The van der Waals surface area contributed by atoms with Crippen LogP contribution in [0.1, 0.15) is 15.9 Å². The van der Waals surface area contributed by atoms with Gasteiger partial charge in [-0.15, -0.1) is 0 Å². The van der Waals surface area contributed by atoms with Gasteiger partial charge in [0.2, 0.25) is 5.89 Å². The van der Waals surface area contributed by atoms with Crippen molar-refractivity contribution >= 4 is 22.7 Å². The molecule has 4 rings (SSSR count). The highest BCUT2D eigenvalue weighted by Gasteiger charge is 2.11. The highest BCUT2D eigenvalue weighted by Crippen LogP contribution is 2.26. The molecular formula is C21H15FN2O2. The second-order valence-corrected chi connectivity index (χ2v) is 6.03. The Kier molecular flexibility index (Phi) is 3.97. The summed E-state index contributed by atoms with van der Waals surface area (Å²) in [6, 6.07) is 18.6. The van der Waals surface area contributed by atoms with Crippen molar-refractivity contribution < 1.29 is 13.6 Å². The molecule has 0 fully saturated rings. The van der Waals surface area contributed by atoms with Crippen LogP contribution in [0, 0.1) is 12.7 Å². The van der Waals surface area contributed by atoms with Crippen molar-refractivity contribution in [2.75, 3.05) is 5.32 Å². The van der Waals surface area contributed by atoms with Gasteiger partial charge in [-0.25, -0.2) is 9.37 Å². The summed E-state index contributed by atoms with van der Waals surface area (Å²) in [6.07, 6.45) is 0. The van der Waals surface area contributed by atoms with Crippen LogP contribution in [0.4, 0.5) is 10.1 Å². The average molecular weight is 346 g/mol. The van der Waals surface area contributed by atoms with Crippen LogP contribution in [0.15, 0.2) is 71.1 Å². The number of hydrogen-bond donors (Lipinski definition) is 1. The van der Waals surface area contributed by atoms with Gasteiger partial charge in [-0.05, 0) is 55.5 Å². The number of hydrogen-bond acceptors (Lipinski definition) is 3. The molecule has 0 radical (unpaired) electrons. The van der Waals surface area contributed by atoms with E-state index in [-0.39, 0.29) is 11.7 Å². The Morgan fingerprint density at radius 1 is 1.04 bits per heavy atom. The van der Waals surface area contributed by atoms with Gasteiger partial charge < -0.3 is 9.73 Å². The number of oxazole rings is 1. The van der Waals surface area contributed by atoms with Gasteiger partial charge >= 0.3 is 0 Å².